The first-order valence-electron chi connectivity index (χ1n) is 7.53. The van der Waals surface area contributed by atoms with Crippen molar-refractivity contribution in [3.8, 4) is 11.1 Å². The summed E-state index contributed by atoms with van der Waals surface area (Å²) >= 11 is 0. The zero-order valence-electron chi connectivity index (χ0n) is 13.5. The van der Waals surface area contributed by atoms with E-state index in [0.717, 1.165) is 12.1 Å². The number of fused-ring (bicyclic) bond motifs is 1. The lowest BCUT2D eigenvalue weighted by molar-refractivity contribution is -0.137. The molecule has 2 aromatic heterocycles. The van der Waals surface area contributed by atoms with E-state index < -0.39 is 11.7 Å². The van der Waals surface area contributed by atoms with E-state index in [-0.39, 0.29) is 11.6 Å². The SMILES string of the molecule is CC(=O)c1ccn2c(C(C)=O)cc(-c3ccc(C(F)(F)F)cc3)c2c1. The number of alkyl halides is 3. The number of nitrogens with zero attached hydrogens (tertiary/aromatic N) is 1. The average molecular weight is 345 g/mol. The van der Waals surface area contributed by atoms with Gasteiger partial charge in [0.05, 0.1) is 16.8 Å². The zero-order valence-corrected chi connectivity index (χ0v) is 13.5. The number of carbonyl (C=O) groups is 2. The number of carbonyl (C=O) groups excluding carboxylic acids is 2. The number of Topliss-reactive ketones (excluding diaryl/α,β-unsaturated/α-hetero) is 2. The second-order valence-electron chi connectivity index (χ2n) is 5.80. The maximum atomic E-state index is 12.7. The van der Waals surface area contributed by atoms with Gasteiger partial charge in [0.25, 0.3) is 0 Å². The summed E-state index contributed by atoms with van der Waals surface area (Å²) in [5.41, 5.74) is 1.86. The van der Waals surface area contributed by atoms with Gasteiger partial charge in [-0.15, -0.1) is 0 Å². The van der Waals surface area contributed by atoms with E-state index in [9.17, 15) is 22.8 Å². The van der Waals surface area contributed by atoms with Gasteiger partial charge in [-0.1, -0.05) is 12.1 Å². The third kappa shape index (κ3) is 3.07. The maximum absolute atomic E-state index is 12.7. The first kappa shape index (κ1) is 17.0. The first-order valence-corrected chi connectivity index (χ1v) is 7.53. The van der Waals surface area contributed by atoms with E-state index in [0.29, 0.717) is 27.9 Å². The summed E-state index contributed by atoms with van der Waals surface area (Å²) in [5.74, 6) is -0.310. The van der Waals surface area contributed by atoms with Crippen LogP contribution in [0.25, 0.3) is 16.6 Å². The van der Waals surface area contributed by atoms with Crippen LogP contribution in [0.1, 0.15) is 40.3 Å². The molecule has 3 nitrogen and oxygen atoms in total. The van der Waals surface area contributed by atoms with E-state index in [1.54, 1.807) is 28.8 Å². The van der Waals surface area contributed by atoms with Gasteiger partial charge >= 0.3 is 6.18 Å². The number of benzene rings is 1. The van der Waals surface area contributed by atoms with Crippen LogP contribution in [0.2, 0.25) is 0 Å². The highest BCUT2D eigenvalue weighted by molar-refractivity contribution is 6.00. The Hall–Kier alpha value is -2.89. The highest BCUT2D eigenvalue weighted by Gasteiger charge is 2.30. The van der Waals surface area contributed by atoms with Crippen LogP contribution in [0.5, 0.6) is 0 Å². The molecule has 0 radical (unpaired) electrons. The normalized spacial score (nSPS) is 11.7. The summed E-state index contributed by atoms with van der Waals surface area (Å²) in [5, 5.41) is 0. The van der Waals surface area contributed by atoms with Gasteiger partial charge in [0.1, 0.15) is 0 Å². The number of ketones is 2. The molecule has 0 N–H and O–H groups in total. The van der Waals surface area contributed by atoms with Crippen LogP contribution in [-0.4, -0.2) is 16.0 Å². The molecule has 0 aliphatic heterocycles. The van der Waals surface area contributed by atoms with E-state index in [2.05, 4.69) is 0 Å². The fourth-order valence-corrected chi connectivity index (χ4v) is 2.76. The molecule has 0 saturated carbocycles. The number of hydrogen-bond donors (Lipinski definition) is 0. The minimum Gasteiger partial charge on any atom is -0.313 e. The van der Waals surface area contributed by atoms with E-state index >= 15 is 0 Å². The number of pyridine rings is 1. The fourth-order valence-electron chi connectivity index (χ4n) is 2.76. The lowest BCUT2D eigenvalue weighted by Gasteiger charge is -2.08. The minimum absolute atomic E-state index is 0.133. The number of halogens is 3. The van der Waals surface area contributed by atoms with Gasteiger partial charge in [-0.25, -0.2) is 0 Å². The zero-order chi connectivity index (χ0) is 18.4. The predicted molar refractivity (Wildman–Crippen MR) is 87.8 cm³/mol. The van der Waals surface area contributed by atoms with Gasteiger partial charge in [-0.05, 0) is 42.8 Å². The first-order chi connectivity index (χ1) is 11.7. The Morgan fingerprint density at radius 3 is 2.08 bits per heavy atom. The molecule has 0 aliphatic carbocycles. The standard InChI is InChI=1S/C19H14F3NO2/c1-11(24)14-7-8-23-17(12(2)25)10-16(18(23)9-14)13-3-5-15(6-4-13)19(20,21)22/h3-10H,1-2H3. The van der Waals surface area contributed by atoms with E-state index in [1.807, 2.05) is 0 Å². The van der Waals surface area contributed by atoms with Crippen LogP contribution in [0.3, 0.4) is 0 Å². The van der Waals surface area contributed by atoms with E-state index in [4.69, 9.17) is 0 Å². The molecule has 128 valence electrons. The molecule has 0 spiro atoms. The maximum Gasteiger partial charge on any atom is 0.416 e. The molecule has 6 heteroatoms. The molecule has 3 aromatic rings. The Kier molecular flexibility index (Phi) is 3.99. The van der Waals surface area contributed by atoms with Gasteiger partial charge < -0.3 is 4.40 Å². The third-order valence-corrected chi connectivity index (χ3v) is 4.06. The van der Waals surface area contributed by atoms with Crippen molar-refractivity contribution in [1.29, 1.82) is 0 Å². The molecule has 0 bridgehead atoms. The monoisotopic (exact) mass is 345 g/mol. The van der Waals surface area contributed by atoms with Gasteiger partial charge in [0, 0.05) is 24.2 Å². The molecular weight excluding hydrogens is 331 g/mol. The lowest BCUT2D eigenvalue weighted by atomic mass is 10.0. The second kappa shape index (κ2) is 5.88. The molecule has 0 unspecified atom stereocenters. The van der Waals surface area contributed by atoms with E-state index in [1.165, 1.54) is 26.0 Å². The summed E-state index contributed by atoms with van der Waals surface area (Å²) in [4.78, 5) is 23.5. The number of aromatic nitrogens is 1. The highest BCUT2D eigenvalue weighted by atomic mass is 19.4. The van der Waals surface area contributed by atoms with Crippen LogP contribution in [-0.2, 0) is 6.18 Å². The quantitative estimate of drug-likeness (QED) is 0.625. The van der Waals surface area contributed by atoms with Crippen LogP contribution < -0.4 is 0 Å². The van der Waals surface area contributed by atoms with Gasteiger partial charge in [0.15, 0.2) is 11.6 Å². The summed E-state index contributed by atoms with van der Waals surface area (Å²) in [6.07, 6.45) is -2.79. The molecule has 3 rings (SSSR count). The van der Waals surface area contributed by atoms with Crippen LogP contribution in [0.15, 0.2) is 48.7 Å². The summed E-state index contributed by atoms with van der Waals surface area (Å²) < 4.78 is 39.9. The summed E-state index contributed by atoms with van der Waals surface area (Å²) in [6.45, 7) is 2.84. The molecule has 0 atom stereocenters. The Labute approximate surface area is 141 Å². The van der Waals surface area contributed by atoms with Crippen molar-refractivity contribution in [1.82, 2.24) is 4.40 Å². The van der Waals surface area contributed by atoms with Crippen LogP contribution >= 0.6 is 0 Å². The van der Waals surface area contributed by atoms with Crippen molar-refractivity contribution in [2.24, 2.45) is 0 Å². The van der Waals surface area contributed by atoms with Crippen molar-refractivity contribution < 1.29 is 22.8 Å². The Morgan fingerprint density at radius 1 is 0.920 bits per heavy atom. The topological polar surface area (TPSA) is 38.5 Å². The van der Waals surface area contributed by atoms with Crippen molar-refractivity contribution in [3.05, 3.63) is 65.5 Å². The smallest absolute Gasteiger partial charge is 0.313 e. The molecule has 0 saturated heterocycles. The molecular formula is C19H14F3NO2. The lowest BCUT2D eigenvalue weighted by Crippen LogP contribution is -2.03. The molecule has 1 aromatic carbocycles. The van der Waals surface area contributed by atoms with Crippen molar-refractivity contribution in [3.63, 3.8) is 0 Å². The Morgan fingerprint density at radius 2 is 1.56 bits per heavy atom. The molecule has 2 heterocycles. The van der Waals surface area contributed by atoms with Gasteiger partial charge in [0.2, 0.25) is 0 Å². The fraction of sp³-hybridized carbons (Fsp3) is 0.158. The minimum atomic E-state index is -4.41. The third-order valence-electron chi connectivity index (χ3n) is 4.06. The predicted octanol–water partition coefficient (Wildman–Crippen LogP) is 5.03. The van der Waals surface area contributed by atoms with Crippen LogP contribution in [0.4, 0.5) is 13.2 Å². The largest absolute Gasteiger partial charge is 0.416 e. The van der Waals surface area contributed by atoms with Crippen molar-refractivity contribution in [2.75, 3.05) is 0 Å². The summed E-state index contributed by atoms with van der Waals surface area (Å²) in [7, 11) is 0. The second-order valence-corrected chi connectivity index (χ2v) is 5.80. The Balaban J connectivity index is 2.22. The highest BCUT2D eigenvalue weighted by Crippen LogP contribution is 2.33. The van der Waals surface area contributed by atoms with Crippen molar-refractivity contribution >= 4 is 17.1 Å². The average Bonchev–Trinajstić information content (AvgIpc) is 2.93. The molecule has 25 heavy (non-hydrogen) atoms. The van der Waals surface area contributed by atoms with Crippen LogP contribution in [0, 0.1) is 0 Å². The molecule has 0 amide bonds. The van der Waals surface area contributed by atoms with Gasteiger partial charge in [-0.2, -0.15) is 13.2 Å². The van der Waals surface area contributed by atoms with Crippen molar-refractivity contribution in [2.45, 2.75) is 20.0 Å². The number of hydrogen-bond acceptors (Lipinski definition) is 2. The molecule has 0 aliphatic rings. The molecule has 0 fully saturated rings. The Bertz CT molecular complexity index is 982. The summed E-state index contributed by atoms with van der Waals surface area (Å²) in [6, 6.07) is 9.61. The number of rotatable bonds is 3. The van der Waals surface area contributed by atoms with Gasteiger partial charge in [-0.3, -0.25) is 9.59 Å².